The molecule has 2 fully saturated rings. The normalized spacial score (nSPS) is 19.4. The zero-order valence-corrected chi connectivity index (χ0v) is 18.1. The zero-order chi connectivity index (χ0) is 18.5. The topological polar surface area (TPSA) is 69.9 Å². The SMILES string of the molecule is CC(C(=O)N1CCCC1)N1CCN(C(=O)CC(N)c2ccccc2)CC1.Cl.Cl. The van der Waals surface area contributed by atoms with Crippen molar-refractivity contribution in [2.45, 2.75) is 38.3 Å². The van der Waals surface area contributed by atoms with E-state index in [0.717, 1.165) is 44.6 Å². The van der Waals surface area contributed by atoms with Crippen molar-refractivity contribution in [2.24, 2.45) is 5.73 Å². The lowest BCUT2D eigenvalue weighted by Gasteiger charge is -2.38. The van der Waals surface area contributed by atoms with Gasteiger partial charge in [0.15, 0.2) is 0 Å². The van der Waals surface area contributed by atoms with Gasteiger partial charge in [-0.25, -0.2) is 0 Å². The molecule has 2 unspecified atom stereocenters. The van der Waals surface area contributed by atoms with Crippen LogP contribution in [0.4, 0.5) is 0 Å². The first-order valence-corrected chi connectivity index (χ1v) is 9.67. The quantitative estimate of drug-likeness (QED) is 0.775. The van der Waals surface area contributed by atoms with Crippen LogP contribution < -0.4 is 5.73 Å². The molecule has 0 aliphatic carbocycles. The molecule has 0 radical (unpaired) electrons. The fourth-order valence-corrected chi connectivity index (χ4v) is 3.85. The highest BCUT2D eigenvalue weighted by atomic mass is 35.5. The number of carbonyl (C=O) groups excluding carboxylic acids is 2. The molecule has 2 aliphatic heterocycles. The molecule has 0 saturated carbocycles. The smallest absolute Gasteiger partial charge is 0.239 e. The second kappa shape index (κ2) is 11.6. The van der Waals surface area contributed by atoms with E-state index in [4.69, 9.17) is 5.73 Å². The van der Waals surface area contributed by atoms with Crippen LogP contribution in [0.5, 0.6) is 0 Å². The lowest BCUT2D eigenvalue weighted by Crippen LogP contribution is -2.55. The van der Waals surface area contributed by atoms with E-state index in [1.165, 1.54) is 0 Å². The van der Waals surface area contributed by atoms with Crippen molar-refractivity contribution in [3.63, 3.8) is 0 Å². The number of rotatable bonds is 5. The van der Waals surface area contributed by atoms with Crippen LogP contribution >= 0.6 is 24.8 Å². The third-order valence-electron chi connectivity index (χ3n) is 5.61. The van der Waals surface area contributed by atoms with E-state index in [1.54, 1.807) is 0 Å². The second-order valence-corrected chi connectivity index (χ2v) is 7.35. The van der Waals surface area contributed by atoms with Crippen LogP contribution in [0.3, 0.4) is 0 Å². The summed E-state index contributed by atoms with van der Waals surface area (Å²) in [5.74, 6) is 0.327. The number of piperazine rings is 1. The number of amides is 2. The molecule has 2 N–H and O–H groups in total. The average Bonchev–Trinajstić information content (AvgIpc) is 3.22. The lowest BCUT2D eigenvalue weighted by molar-refractivity contribution is -0.138. The van der Waals surface area contributed by atoms with Crippen LogP contribution in [0.25, 0.3) is 0 Å². The van der Waals surface area contributed by atoms with Crippen molar-refractivity contribution < 1.29 is 9.59 Å². The van der Waals surface area contributed by atoms with E-state index in [-0.39, 0.29) is 48.7 Å². The Bertz CT molecular complexity index is 618. The molecule has 1 aromatic carbocycles. The van der Waals surface area contributed by atoms with E-state index in [1.807, 2.05) is 47.1 Å². The third kappa shape index (κ3) is 6.08. The molecule has 2 saturated heterocycles. The average molecular weight is 431 g/mol. The monoisotopic (exact) mass is 430 g/mol. The minimum atomic E-state index is -0.266. The van der Waals surface area contributed by atoms with Crippen molar-refractivity contribution in [1.29, 1.82) is 0 Å². The van der Waals surface area contributed by atoms with Gasteiger partial charge in [-0.1, -0.05) is 30.3 Å². The molecule has 3 rings (SSSR count). The molecule has 1 aromatic rings. The Kier molecular flexibility index (Phi) is 10.2. The van der Waals surface area contributed by atoms with Crippen LogP contribution in [0, 0.1) is 0 Å². The maximum atomic E-state index is 12.6. The minimum absolute atomic E-state index is 0. The molecule has 28 heavy (non-hydrogen) atoms. The molecule has 2 amide bonds. The maximum Gasteiger partial charge on any atom is 0.239 e. The summed E-state index contributed by atoms with van der Waals surface area (Å²) in [6.07, 6.45) is 2.55. The Balaban J connectivity index is 0.00000196. The minimum Gasteiger partial charge on any atom is -0.341 e. The van der Waals surface area contributed by atoms with Gasteiger partial charge in [0, 0.05) is 51.7 Å². The summed E-state index contributed by atoms with van der Waals surface area (Å²) in [4.78, 5) is 31.2. The molecule has 158 valence electrons. The van der Waals surface area contributed by atoms with Gasteiger partial charge in [-0.05, 0) is 25.3 Å². The summed E-state index contributed by atoms with van der Waals surface area (Å²) in [7, 11) is 0. The molecule has 2 atom stereocenters. The van der Waals surface area contributed by atoms with Crippen LogP contribution in [-0.4, -0.2) is 71.8 Å². The van der Waals surface area contributed by atoms with E-state index in [9.17, 15) is 9.59 Å². The molecule has 2 aliphatic rings. The Morgan fingerprint density at radius 1 is 0.929 bits per heavy atom. The van der Waals surface area contributed by atoms with Crippen molar-refractivity contribution in [1.82, 2.24) is 14.7 Å². The number of hydrogen-bond acceptors (Lipinski definition) is 4. The van der Waals surface area contributed by atoms with Gasteiger partial charge in [-0.15, -0.1) is 24.8 Å². The van der Waals surface area contributed by atoms with Crippen molar-refractivity contribution in [3.05, 3.63) is 35.9 Å². The summed E-state index contributed by atoms with van der Waals surface area (Å²) < 4.78 is 0. The van der Waals surface area contributed by atoms with Gasteiger partial charge in [0.2, 0.25) is 11.8 Å². The first-order chi connectivity index (χ1) is 12.6. The predicted octanol–water partition coefficient (Wildman–Crippen LogP) is 2.08. The predicted molar refractivity (Wildman–Crippen MR) is 116 cm³/mol. The van der Waals surface area contributed by atoms with Gasteiger partial charge in [-0.2, -0.15) is 0 Å². The van der Waals surface area contributed by atoms with E-state index < -0.39 is 0 Å². The van der Waals surface area contributed by atoms with Crippen LogP contribution in [0.2, 0.25) is 0 Å². The second-order valence-electron chi connectivity index (χ2n) is 7.35. The van der Waals surface area contributed by atoms with Crippen molar-refractivity contribution >= 4 is 36.6 Å². The Labute approximate surface area is 180 Å². The van der Waals surface area contributed by atoms with Gasteiger partial charge >= 0.3 is 0 Å². The van der Waals surface area contributed by atoms with Crippen LogP contribution in [0.1, 0.15) is 37.8 Å². The molecular weight excluding hydrogens is 399 g/mol. The first-order valence-electron chi connectivity index (χ1n) is 9.67. The number of hydrogen-bond donors (Lipinski definition) is 1. The summed E-state index contributed by atoms with van der Waals surface area (Å²) in [6.45, 7) is 6.58. The highest BCUT2D eigenvalue weighted by molar-refractivity contribution is 5.85. The summed E-state index contributed by atoms with van der Waals surface area (Å²) in [6, 6.07) is 9.38. The number of likely N-dealkylation sites (tertiary alicyclic amines) is 1. The van der Waals surface area contributed by atoms with Crippen molar-refractivity contribution in [2.75, 3.05) is 39.3 Å². The highest BCUT2D eigenvalue weighted by Gasteiger charge is 2.31. The standard InChI is InChI=1S/C20H30N4O2.2ClH/c1-16(20(26)24-9-5-6-10-24)22-11-13-23(14-12-22)19(25)15-18(21)17-7-3-2-4-8-17;;/h2-4,7-8,16,18H,5-6,9-15,21H2,1H3;2*1H. The molecule has 6 nitrogen and oxygen atoms in total. The number of benzene rings is 1. The number of nitrogens with zero attached hydrogens (tertiary/aromatic N) is 3. The largest absolute Gasteiger partial charge is 0.341 e. The van der Waals surface area contributed by atoms with Crippen LogP contribution in [0.15, 0.2) is 30.3 Å². The van der Waals surface area contributed by atoms with Gasteiger partial charge in [0.1, 0.15) is 0 Å². The summed E-state index contributed by atoms with van der Waals surface area (Å²) >= 11 is 0. The number of halogens is 2. The van der Waals surface area contributed by atoms with E-state index >= 15 is 0 Å². The third-order valence-corrected chi connectivity index (χ3v) is 5.61. The zero-order valence-electron chi connectivity index (χ0n) is 16.5. The van der Waals surface area contributed by atoms with Gasteiger partial charge in [0.25, 0.3) is 0 Å². The van der Waals surface area contributed by atoms with Crippen LogP contribution in [-0.2, 0) is 9.59 Å². The number of nitrogens with two attached hydrogens (primary N) is 1. The summed E-state index contributed by atoms with van der Waals surface area (Å²) in [5.41, 5.74) is 7.17. The Hall–Kier alpha value is -1.34. The fraction of sp³-hybridized carbons (Fsp3) is 0.600. The maximum absolute atomic E-state index is 12.6. The number of carbonyl (C=O) groups is 2. The van der Waals surface area contributed by atoms with Gasteiger partial charge < -0.3 is 15.5 Å². The first kappa shape index (κ1) is 24.7. The molecule has 0 aromatic heterocycles. The molecule has 2 heterocycles. The molecule has 8 heteroatoms. The summed E-state index contributed by atoms with van der Waals surface area (Å²) in [5, 5.41) is 0. The van der Waals surface area contributed by atoms with Crippen molar-refractivity contribution in [3.8, 4) is 0 Å². The Morgan fingerprint density at radius 2 is 1.50 bits per heavy atom. The van der Waals surface area contributed by atoms with E-state index in [2.05, 4.69) is 4.90 Å². The van der Waals surface area contributed by atoms with E-state index in [0.29, 0.717) is 19.5 Å². The molecule has 0 spiro atoms. The molecule has 0 bridgehead atoms. The molecular formula is C20H32Cl2N4O2. The highest BCUT2D eigenvalue weighted by Crippen LogP contribution is 2.17. The van der Waals surface area contributed by atoms with Gasteiger partial charge in [-0.3, -0.25) is 14.5 Å². The Morgan fingerprint density at radius 3 is 2.07 bits per heavy atom. The van der Waals surface area contributed by atoms with Gasteiger partial charge in [0.05, 0.1) is 6.04 Å². The lowest BCUT2D eigenvalue weighted by atomic mass is 10.0. The fourth-order valence-electron chi connectivity index (χ4n) is 3.85.